The lowest BCUT2D eigenvalue weighted by molar-refractivity contribution is -0.302. The monoisotopic (exact) mass is 822 g/mol. The largest absolute Gasteiger partial charge is 0.394 e. The molecule has 1 fully saturated rings. The average Bonchev–Trinajstić information content (AvgIpc) is 3.22. The second-order valence-electron chi connectivity index (χ2n) is 16.3. The van der Waals surface area contributed by atoms with E-state index >= 15 is 0 Å². The van der Waals surface area contributed by atoms with E-state index in [2.05, 4.69) is 55.6 Å². The molecule has 58 heavy (non-hydrogen) atoms. The van der Waals surface area contributed by atoms with E-state index in [1.807, 2.05) is 6.08 Å². The van der Waals surface area contributed by atoms with Gasteiger partial charge >= 0.3 is 0 Å². The number of hydrogen-bond donors (Lipinski definition) is 7. The van der Waals surface area contributed by atoms with Crippen molar-refractivity contribution in [2.75, 3.05) is 13.2 Å². The Morgan fingerprint density at radius 1 is 0.586 bits per heavy atom. The van der Waals surface area contributed by atoms with Gasteiger partial charge < -0.3 is 45.4 Å². The molecule has 0 aromatic rings. The first-order chi connectivity index (χ1) is 28.3. The zero-order valence-corrected chi connectivity index (χ0v) is 36.7. The molecule has 1 amide bonds. The summed E-state index contributed by atoms with van der Waals surface area (Å²) in [6, 6.07) is -1.01. The van der Waals surface area contributed by atoms with Crippen molar-refractivity contribution in [3.05, 3.63) is 48.6 Å². The minimum absolute atomic E-state index is 0.292. The van der Waals surface area contributed by atoms with Crippen LogP contribution in [0.15, 0.2) is 48.6 Å². The topological polar surface area (TPSA) is 169 Å². The molecule has 1 aliphatic heterocycles. The van der Waals surface area contributed by atoms with Gasteiger partial charge in [0.2, 0.25) is 5.91 Å². The lowest BCUT2D eigenvalue weighted by atomic mass is 9.99. The second kappa shape index (κ2) is 38.1. The molecule has 8 atom stereocenters. The summed E-state index contributed by atoms with van der Waals surface area (Å²) < 4.78 is 11.1. The fourth-order valence-electron chi connectivity index (χ4n) is 7.06. The molecule has 1 saturated heterocycles. The van der Waals surface area contributed by atoms with Crippen LogP contribution in [-0.2, 0) is 14.3 Å². The Labute approximate surface area is 353 Å². The van der Waals surface area contributed by atoms with Crippen LogP contribution in [0, 0.1) is 0 Å². The summed E-state index contributed by atoms with van der Waals surface area (Å²) in [5, 5.41) is 64.5. The quantitative estimate of drug-likeness (QED) is 0.0238. The fourth-order valence-corrected chi connectivity index (χ4v) is 7.06. The van der Waals surface area contributed by atoms with Gasteiger partial charge in [-0.3, -0.25) is 4.79 Å². The van der Waals surface area contributed by atoms with Crippen molar-refractivity contribution in [3.8, 4) is 0 Å². The van der Waals surface area contributed by atoms with Gasteiger partial charge in [0.25, 0.3) is 0 Å². The molecular formula is C48H87NO9. The Bertz CT molecular complexity index is 1060. The second-order valence-corrected chi connectivity index (χ2v) is 16.3. The van der Waals surface area contributed by atoms with E-state index in [4.69, 9.17) is 9.47 Å². The summed E-state index contributed by atoms with van der Waals surface area (Å²) in [6.45, 7) is 3.52. The molecule has 10 heteroatoms. The van der Waals surface area contributed by atoms with Crippen LogP contribution in [0.4, 0.5) is 0 Å². The molecule has 0 aliphatic carbocycles. The minimum Gasteiger partial charge on any atom is -0.394 e. The van der Waals surface area contributed by atoms with E-state index in [-0.39, 0.29) is 6.61 Å². The van der Waals surface area contributed by atoms with Crippen LogP contribution in [0.3, 0.4) is 0 Å². The molecule has 1 aliphatic rings. The molecule has 0 spiro atoms. The first kappa shape index (κ1) is 54.1. The third kappa shape index (κ3) is 27.8. The van der Waals surface area contributed by atoms with Crippen LogP contribution >= 0.6 is 0 Å². The number of hydrogen-bond acceptors (Lipinski definition) is 9. The number of ether oxygens (including phenoxy) is 2. The van der Waals surface area contributed by atoms with E-state index in [1.54, 1.807) is 6.08 Å². The molecule has 0 bridgehead atoms. The highest BCUT2D eigenvalue weighted by Gasteiger charge is 2.44. The highest BCUT2D eigenvalue weighted by molar-refractivity contribution is 5.80. The van der Waals surface area contributed by atoms with Crippen LogP contribution in [-0.4, -0.2) is 98.7 Å². The molecular weight excluding hydrogens is 735 g/mol. The Balaban J connectivity index is 2.38. The van der Waals surface area contributed by atoms with Crippen molar-refractivity contribution in [3.63, 3.8) is 0 Å². The third-order valence-electron chi connectivity index (χ3n) is 11.0. The molecule has 10 nitrogen and oxygen atoms in total. The number of carbonyl (C=O) groups excluding carboxylic acids is 1. The van der Waals surface area contributed by atoms with Gasteiger partial charge in [-0.05, 0) is 64.2 Å². The summed E-state index contributed by atoms with van der Waals surface area (Å²) in [7, 11) is 0. The summed E-state index contributed by atoms with van der Waals surface area (Å²) >= 11 is 0. The first-order valence-corrected chi connectivity index (χ1v) is 23.5. The maximum Gasteiger partial charge on any atom is 0.249 e. The Morgan fingerprint density at radius 3 is 1.55 bits per heavy atom. The van der Waals surface area contributed by atoms with Gasteiger partial charge in [-0.25, -0.2) is 0 Å². The Kier molecular flexibility index (Phi) is 35.5. The third-order valence-corrected chi connectivity index (χ3v) is 11.0. The summed E-state index contributed by atoms with van der Waals surface area (Å²) in [6.07, 6.45) is 37.8. The van der Waals surface area contributed by atoms with Crippen LogP contribution in [0.2, 0.25) is 0 Å². The summed E-state index contributed by atoms with van der Waals surface area (Å²) in [5.74, 6) is -0.638. The number of aliphatic hydroxyl groups is 6. The van der Waals surface area contributed by atoms with E-state index < -0.39 is 61.5 Å². The summed E-state index contributed by atoms with van der Waals surface area (Å²) in [5.41, 5.74) is 0. The minimum atomic E-state index is -1.62. The molecule has 7 N–H and O–H groups in total. The van der Waals surface area contributed by atoms with Gasteiger partial charge in [0, 0.05) is 0 Å². The van der Waals surface area contributed by atoms with Crippen LogP contribution in [0.25, 0.3) is 0 Å². The maximum atomic E-state index is 13.0. The van der Waals surface area contributed by atoms with E-state index in [9.17, 15) is 35.4 Å². The van der Waals surface area contributed by atoms with Gasteiger partial charge in [0.15, 0.2) is 6.29 Å². The van der Waals surface area contributed by atoms with Gasteiger partial charge in [-0.2, -0.15) is 0 Å². The standard InChI is InChI=1S/C48H87NO9/c1-3-5-7-9-11-13-15-17-18-19-20-21-22-23-24-25-27-29-31-33-35-37-42(52)47(56)49-40(39-57-48-46(55)45(54)44(53)43(38-50)58-48)41(51)36-34-32-30-28-26-16-14-12-10-8-6-4-2/h10,12,22-23,26,28,34,36,40-46,48,50-55H,3-9,11,13-21,24-25,27,29-33,35,37-39H2,1-2H3,(H,49,56)/b12-10+,23-22-,28-26+,36-34+. The van der Waals surface area contributed by atoms with E-state index in [0.29, 0.717) is 19.3 Å². The maximum absolute atomic E-state index is 13.0. The molecule has 0 saturated carbocycles. The molecule has 8 unspecified atom stereocenters. The first-order valence-electron chi connectivity index (χ1n) is 23.5. The van der Waals surface area contributed by atoms with Crippen LogP contribution in [0.1, 0.15) is 187 Å². The van der Waals surface area contributed by atoms with E-state index in [0.717, 1.165) is 51.4 Å². The molecule has 0 aromatic heterocycles. The molecule has 1 rings (SSSR count). The normalized spacial score (nSPS) is 21.8. The number of aliphatic hydroxyl groups excluding tert-OH is 6. The highest BCUT2D eigenvalue weighted by atomic mass is 16.7. The fraction of sp³-hybridized carbons (Fsp3) is 0.812. The van der Waals surface area contributed by atoms with Crippen molar-refractivity contribution >= 4 is 5.91 Å². The SMILES string of the molecule is CCCC/C=C/CC/C=C/CC/C=C/C(O)C(COC1OC(CO)C(O)C(O)C1O)NC(=O)C(O)CCCCCCCC/C=C\CCCCCCCCCCCCC. The van der Waals surface area contributed by atoms with Crippen molar-refractivity contribution in [2.24, 2.45) is 0 Å². The number of rotatable bonds is 38. The number of unbranched alkanes of at least 4 members (excludes halogenated alkanes) is 21. The smallest absolute Gasteiger partial charge is 0.249 e. The number of amides is 1. The van der Waals surface area contributed by atoms with Crippen molar-refractivity contribution in [1.82, 2.24) is 5.32 Å². The van der Waals surface area contributed by atoms with Crippen LogP contribution in [0.5, 0.6) is 0 Å². The predicted octanol–water partition coefficient (Wildman–Crippen LogP) is 8.81. The van der Waals surface area contributed by atoms with Crippen molar-refractivity contribution < 1.29 is 44.9 Å². The van der Waals surface area contributed by atoms with Crippen molar-refractivity contribution in [1.29, 1.82) is 0 Å². The number of nitrogens with one attached hydrogen (secondary N) is 1. The lowest BCUT2D eigenvalue weighted by Crippen LogP contribution is -2.60. The van der Waals surface area contributed by atoms with Crippen molar-refractivity contribution in [2.45, 2.75) is 236 Å². The van der Waals surface area contributed by atoms with Gasteiger partial charge in [-0.1, -0.05) is 172 Å². The Morgan fingerprint density at radius 2 is 1.03 bits per heavy atom. The zero-order chi connectivity index (χ0) is 42.5. The van der Waals surface area contributed by atoms with Gasteiger partial charge in [0.05, 0.1) is 25.4 Å². The zero-order valence-electron chi connectivity index (χ0n) is 36.7. The highest BCUT2D eigenvalue weighted by Crippen LogP contribution is 2.22. The predicted molar refractivity (Wildman–Crippen MR) is 236 cm³/mol. The molecule has 338 valence electrons. The van der Waals surface area contributed by atoms with Gasteiger partial charge in [0.1, 0.15) is 30.5 Å². The van der Waals surface area contributed by atoms with E-state index in [1.165, 1.54) is 103 Å². The molecule has 1 heterocycles. The van der Waals surface area contributed by atoms with Crippen LogP contribution < -0.4 is 5.32 Å². The summed E-state index contributed by atoms with van der Waals surface area (Å²) in [4.78, 5) is 13.0. The average molecular weight is 822 g/mol. The lowest BCUT2D eigenvalue weighted by Gasteiger charge is -2.40. The van der Waals surface area contributed by atoms with Gasteiger partial charge in [-0.15, -0.1) is 0 Å². The molecule has 0 radical (unpaired) electrons. The molecule has 0 aromatic carbocycles. The number of allylic oxidation sites excluding steroid dienone is 7. The number of carbonyl (C=O) groups is 1. The Hall–Kier alpha value is -1.89.